The lowest BCUT2D eigenvalue weighted by Crippen LogP contribution is -2.34. The monoisotopic (exact) mass is 353 g/mol. The van der Waals surface area contributed by atoms with Crippen molar-refractivity contribution in [1.29, 1.82) is 0 Å². The van der Waals surface area contributed by atoms with Crippen LogP contribution in [0.2, 0.25) is 10.0 Å². The first-order valence-electron chi connectivity index (χ1n) is 8.81. The molecular formula is C19H25Cl2NO. The zero-order chi connectivity index (χ0) is 16.3. The Morgan fingerprint density at radius 1 is 1.17 bits per heavy atom. The predicted molar refractivity (Wildman–Crippen MR) is 96.5 cm³/mol. The molecule has 1 aromatic carbocycles. The van der Waals surface area contributed by atoms with Gasteiger partial charge in [0.1, 0.15) is 0 Å². The lowest BCUT2D eigenvalue weighted by molar-refractivity contribution is 0.0788. The van der Waals surface area contributed by atoms with E-state index in [2.05, 4.69) is 5.32 Å². The van der Waals surface area contributed by atoms with Gasteiger partial charge in [0.2, 0.25) is 0 Å². The molecule has 2 nitrogen and oxygen atoms in total. The number of halogens is 2. The minimum Gasteiger partial charge on any atom is -0.316 e. The molecule has 1 aliphatic heterocycles. The maximum absolute atomic E-state index is 13.2. The van der Waals surface area contributed by atoms with Crippen LogP contribution in [-0.2, 0) is 0 Å². The molecule has 1 unspecified atom stereocenters. The second-order valence-electron chi connectivity index (χ2n) is 7.21. The van der Waals surface area contributed by atoms with E-state index in [4.69, 9.17) is 23.2 Å². The maximum atomic E-state index is 13.2. The van der Waals surface area contributed by atoms with Gasteiger partial charge in [-0.1, -0.05) is 55.3 Å². The average Bonchev–Trinajstić information content (AvgIpc) is 3.06. The van der Waals surface area contributed by atoms with Crippen molar-refractivity contribution in [3.8, 4) is 0 Å². The number of ketones is 1. The third-order valence-electron chi connectivity index (χ3n) is 5.66. The molecule has 1 saturated carbocycles. The van der Waals surface area contributed by atoms with Gasteiger partial charge in [-0.15, -0.1) is 0 Å². The van der Waals surface area contributed by atoms with Crippen LogP contribution in [0.5, 0.6) is 0 Å². The van der Waals surface area contributed by atoms with E-state index >= 15 is 0 Å². The molecule has 2 aliphatic rings. The summed E-state index contributed by atoms with van der Waals surface area (Å²) < 4.78 is 0. The van der Waals surface area contributed by atoms with Crippen LogP contribution in [0.15, 0.2) is 18.2 Å². The summed E-state index contributed by atoms with van der Waals surface area (Å²) in [4.78, 5) is 13.2. The Morgan fingerprint density at radius 3 is 2.61 bits per heavy atom. The Labute approximate surface area is 148 Å². The topological polar surface area (TPSA) is 29.1 Å². The number of carbonyl (C=O) groups is 1. The van der Waals surface area contributed by atoms with Crippen LogP contribution in [0, 0.1) is 11.3 Å². The van der Waals surface area contributed by atoms with E-state index in [1.54, 1.807) is 12.1 Å². The maximum Gasteiger partial charge on any atom is 0.170 e. The van der Waals surface area contributed by atoms with E-state index in [0.29, 0.717) is 15.6 Å². The van der Waals surface area contributed by atoms with E-state index in [0.717, 1.165) is 31.8 Å². The molecule has 1 heterocycles. The molecule has 126 valence electrons. The highest BCUT2D eigenvalue weighted by atomic mass is 35.5. The van der Waals surface area contributed by atoms with Crippen molar-refractivity contribution >= 4 is 29.0 Å². The fourth-order valence-corrected chi connectivity index (χ4v) is 4.46. The molecule has 1 atom stereocenters. The van der Waals surface area contributed by atoms with E-state index in [-0.39, 0.29) is 11.2 Å². The summed E-state index contributed by atoms with van der Waals surface area (Å²) in [5.41, 5.74) is 0.445. The summed E-state index contributed by atoms with van der Waals surface area (Å²) in [5.74, 6) is 1.04. The molecule has 1 aromatic rings. The van der Waals surface area contributed by atoms with Crippen LogP contribution < -0.4 is 5.32 Å². The number of carbonyl (C=O) groups excluding carboxylic acids is 1. The van der Waals surface area contributed by atoms with Gasteiger partial charge < -0.3 is 5.32 Å². The molecule has 1 saturated heterocycles. The highest BCUT2D eigenvalue weighted by Crippen LogP contribution is 2.39. The van der Waals surface area contributed by atoms with Crippen LogP contribution >= 0.6 is 23.2 Å². The van der Waals surface area contributed by atoms with Crippen molar-refractivity contribution in [2.24, 2.45) is 11.3 Å². The van der Waals surface area contributed by atoms with Gasteiger partial charge >= 0.3 is 0 Å². The second kappa shape index (κ2) is 7.55. The van der Waals surface area contributed by atoms with Gasteiger partial charge in [0, 0.05) is 17.5 Å². The Bertz CT molecular complexity index is 560. The van der Waals surface area contributed by atoms with Crippen molar-refractivity contribution in [2.75, 3.05) is 13.1 Å². The minimum absolute atomic E-state index is 0.233. The molecule has 1 N–H and O–H groups in total. The molecule has 1 aliphatic carbocycles. The standard InChI is InChI=1S/C19H25Cl2NO/c20-16-7-6-15(12-17(16)21)18(23)19(10-11-22-13-19)9-8-14-4-2-1-3-5-14/h6-7,12,14,22H,1-5,8-11,13H2. The fourth-order valence-electron chi connectivity index (χ4n) is 4.16. The van der Waals surface area contributed by atoms with Gasteiger partial charge in [0.05, 0.1) is 10.0 Å². The normalized spacial score (nSPS) is 25.7. The zero-order valence-electron chi connectivity index (χ0n) is 13.5. The fraction of sp³-hybridized carbons (Fsp3) is 0.632. The van der Waals surface area contributed by atoms with Crippen molar-refractivity contribution in [1.82, 2.24) is 5.32 Å². The van der Waals surface area contributed by atoms with Crippen molar-refractivity contribution in [3.63, 3.8) is 0 Å². The number of nitrogens with one attached hydrogen (secondary N) is 1. The molecule has 0 radical (unpaired) electrons. The number of rotatable bonds is 5. The summed E-state index contributed by atoms with van der Waals surface area (Å²) in [6, 6.07) is 5.28. The lowest BCUT2D eigenvalue weighted by atomic mass is 9.73. The Hall–Kier alpha value is -0.570. The largest absolute Gasteiger partial charge is 0.316 e. The third-order valence-corrected chi connectivity index (χ3v) is 6.40. The molecule has 4 heteroatoms. The first-order valence-corrected chi connectivity index (χ1v) is 9.57. The Kier molecular flexibility index (Phi) is 5.66. The van der Waals surface area contributed by atoms with Crippen LogP contribution in [0.3, 0.4) is 0 Å². The summed E-state index contributed by atoms with van der Waals surface area (Å²) in [5, 5.41) is 4.37. The highest BCUT2D eigenvalue weighted by molar-refractivity contribution is 6.42. The summed E-state index contributed by atoms with van der Waals surface area (Å²) >= 11 is 12.1. The lowest BCUT2D eigenvalue weighted by Gasteiger charge is -2.30. The van der Waals surface area contributed by atoms with Crippen LogP contribution in [-0.4, -0.2) is 18.9 Å². The van der Waals surface area contributed by atoms with Gasteiger partial charge in [0.25, 0.3) is 0 Å². The van der Waals surface area contributed by atoms with Gasteiger partial charge in [0.15, 0.2) is 5.78 Å². The predicted octanol–water partition coefficient (Wildman–Crippen LogP) is 5.52. The molecule has 3 rings (SSSR count). The van der Waals surface area contributed by atoms with E-state index in [1.165, 1.54) is 38.5 Å². The van der Waals surface area contributed by atoms with Crippen molar-refractivity contribution in [3.05, 3.63) is 33.8 Å². The van der Waals surface area contributed by atoms with Crippen molar-refractivity contribution < 1.29 is 4.79 Å². The SMILES string of the molecule is O=C(c1ccc(Cl)c(Cl)c1)C1(CCC2CCCCC2)CCNC1. The molecule has 0 spiro atoms. The molecular weight excluding hydrogens is 329 g/mol. The Morgan fingerprint density at radius 2 is 1.96 bits per heavy atom. The van der Waals surface area contributed by atoms with E-state index < -0.39 is 0 Å². The van der Waals surface area contributed by atoms with Gasteiger partial charge in [-0.05, 0) is 49.9 Å². The summed E-state index contributed by atoms with van der Waals surface area (Å²) in [7, 11) is 0. The molecule has 0 bridgehead atoms. The first kappa shape index (κ1) is 17.3. The van der Waals surface area contributed by atoms with Gasteiger partial charge in [-0.25, -0.2) is 0 Å². The highest BCUT2D eigenvalue weighted by Gasteiger charge is 2.41. The first-order chi connectivity index (χ1) is 11.1. The van der Waals surface area contributed by atoms with Gasteiger partial charge in [-0.3, -0.25) is 4.79 Å². The number of hydrogen-bond acceptors (Lipinski definition) is 2. The quantitative estimate of drug-likeness (QED) is 0.706. The Balaban J connectivity index is 1.73. The van der Waals surface area contributed by atoms with E-state index in [1.807, 2.05) is 6.07 Å². The molecule has 2 fully saturated rings. The number of Topliss-reactive ketones (excluding diaryl/α,β-unsaturated/α-hetero) is 1. The average molecular weight is 354 g/mol. The van der Waals surface area contributed by atoms with E-state index in [9.17, 15) is 4.79 Å². The second-order valence-corrected chi connectivity index (χ2v) is 8.02. The zero-order valence-corrected chi connectivity index (χ0v) is 15.1. The smallest absolute Gasteiger partial charge is 0.170 e. The summed E-state index contributed by atoms with van der Waals surface area (Å²) in [6.45, 7) is 1.72. The van der Waals surface area contributed by atoms with Gasteiger partial charge in [-0.2, -0.15) is 0 Å². The molecule has 23 heavy (non-hydrogen) atoms. The molecule has 0 amide bonds. The number of benzene rings is 1. The summed E-state index contributed by atoms with van der Waals surface area (Å²) in [6.07, 6.45) is 9.87. The van der Waals surface area contributed by atoms with Crippen LogP contribution in [0.1, 0.15) is 61.7 Å². The van der Waals surface area contributed by atoms with Crippen LogP contribution in [0.25, 0.3) is 0 Å². The van der Waals surface area contributed by atoms with Crippen molar-refractivity contribution in [2.45, 2.75) is 51.4 Å². The molecule has 0 aromatic heterocycles. The third kappa shape index (κ3) is 3.92. The van der Waals surface area contributed by atoms with Crippen LogP contribution in [0.4, 0.5) is 0 Å². The minimum atomic E-state index is -0.255. The number of hydrogen-bond donors (Lipinski definition) is 1.